The number of aromatic nitrogens is 2. The number of nitrogens with zero attached hydrogens (tertiary/aromatic N) is 5. The summed E-state index contributed by atoms with van der Waals surface area (Å²) < 4.78 is 1.06. The maximum atomic E-state index is 6.13. The molecule has 1 aliphatic rings. The molecule has 1 aromatic carbocycles. The molecule has 6 nitrogen and oxygen atoms in total. The smallest absolute Gasteiger partial charge is 0.225 e. The highest BCUT2D eigenvalue weighted by Gasteiger charge is 2.19. The van der Waals surface area contributed by atoms with Gasteiger partial charge in [-0.2, -0.15) is 0 Å². The van der Waals surface area contributed by atoms with Crippen molar-refractivity contribution in [3.63, 3.8) is 0 Å². The van der Waals surface area contributed by atoms with E-state index in [4.69, 9.17) is 5.73 Å². The van der Waals surface area contributed by atoms with Gasteiger partial charge < -0.3 is 15.5 Å². The van der Waals surface area contributed by atoms with Crippen molar-refractivity contribution in [2.45, 2.75) is 6.54 Å². The van der Waals surface area contributed by atoms with Crippen LogP contribution in [-0.4, -0.2) is 47.0 Å². The first-order valence-corrected chi connectivity index (χ1v) is 8.33. The zero-order valence-corrected chi connectivity index (χ0v) is 14.4. The molecule has 0 saturated carbocycles. The van der Waals surface area contributed by atoms with Gasteiger partial charge in [0.25, 0.3) is 0 Å². The molecule has 0 spiro atoms. The highest BCUT2D eigenvalue weighted by atomic mass is 79.9. The topological polar surface area (TPSA) is 70.6 Å². The van der Waals surface area contributed by atoms with Gasteiger partial charge >= 0.3 is 0 Å². The second-order valence-corrected chi connectivity index (χ2v) is 6.24. The number of nitrogens with two attached hydrogens (primary N) is 1. The van der Waals surface area contributed by atoms with Crippen molar-refractivity contribution in [3.05, 3.63) is 52.8 Å². The van der Waals surface area contributed by atoms with Crippen LogP contribution >= 0.6 is 15.9 Å². The molecule has 7 heteroatoms. The largest absolute Gasteiger partial charge is 0.370 e. The van der Waals surface area contributed by atoms with Gasteiger partial charge in [0, 0.05) is 43.0 Å². The van der Waals surface area contributed by atoms with E-state index in [-0.39, 0.29) is 0 Å². The van der Waals surface area contributed by atoms with Gasteiger partial charge in [0.05, 0.1) is 6.54 Å². The molecule has 0 amide bonds. The van der Waals surface area contributed by atoms with Gasteiger partial charge in [-0.1, -0.05) is 28.1 Å². The average Bonchev–Trinajstić information content (AvgIpc) is 2.61. The van der Waals surface area contributed by atoms with Crippen LogP contribution in [0.5, 0.6) is 0 Å². The Kier molecular flexibility index (Phi) is 5.07. The Bertz CT molecular complexity index is 667. The van der Waals surface area contributed by atoms with Crippen LogP contribution in [0.1, 0.15) is 5.56 Å². The molecule has 0 aliphatic carbocycles. The standard InChI is InChI=1S/C16H19BrN6/c17-14-4-1-3-13(11-14)12-21-15(18)22-7-9-23(10-8-22)16-19-5-2-6-20-16/h1-6,11H,7-10,12H2,(H2,18,21). The number of piperazine rings is 1. The molecule has 1 aromatic heterocycles. The first-order chi connectivity index (χ1) is 11.2. The minimum Gasteiger partial charge on any atom is -0.370 e. The fourth-order valence-electron chi connectivity index (χ4n) is 2.50. The Morgan fingerprint density at radius 2 is 1.87 bits per heavy atom. The van der Waals surface area contributed by atoms with E-state index < -0.39 is 0 Å². The SMILES string of the molecule is NC(=NCc1cccc(Br)c1)N1CCN(c2ncccn2)CC1. The number of rotatable bonds is 3. The summed E-state index contributed by atoms with van der Waals surface area (Å²) in [6, 6.07) is 9.94. The summed E-state index contributed by atoms with van der Waals surface area (Å²) >= 11 is 3.47. The number of anilines is 1. The fraction of sp³-hybridized carbons (Fsp3) is 0.312. The number of hydrogen-bond acceptors (Lipinski definition) is 4. The molecule has 3 rings (SSSR count). The summed E-state index contributed by atoms with van der Waals surface area (Å²) in [6.07, 6.45) is 3.53. The van der Waals surface area contributed by atoms with Crippen molar-refractivity contribution in [1.29, 1.82) is 0 Å². The van der Waals surface area contributed by atoms with Crippen LogP contribution in [0.2, 0.25) is 0 Å². The molecule has 0 bridgehead atoms. The minimum absolute atomic E-state index is 0.591. The third-order valence-corrected chi connectivity index (χ3v) is 4.24. The van der Waals surface area contributed by atoms with Crippen LogP contribution < -0.4 is 10.6 Å². The van der Waals surface area contributed by atoms with E-state index in [1.54, 1.807) is 12.4 Å². The summed E-state index contributed by atoms with van der Waals surface area (Å²) in [5.74, 6) is 1.37. The second kappa shape index (κ2) is 7.41. The van der Waals surface area contributed by atoms with Crippen LogP contribution in [0.25, 0.3) is 0 Å². The van der Waals surface area contributed by atoms with Crippen LogP contribution in [0.4, 0.5) is 5.95 Å². The van der Waals surface area contributed by atoms with Gasteiger partial charge in [-0.05, 0) is 23.8 Å². The number of hydrogen-bond donors (Lipinski definition) is 1. The van der Waals surface area contributed by atoms with Crippen molar-refractivity contribution in [2.75, 3.05) is 31.1 Å². The van der Waals surface area contributed by atoms with Gasteiger partial charge in [0.15, 0.2) is 5.96 Å². The molecule has 1 aliphatic heterocycles. The van der Waals surface area contributed by atoms with Gasteiger partial charge in [-0.25, -0.2) is 15.0 Å². The molecule has 2 N–H and O–H groups in total. The zero-order valence-electron chi connectivity index (χ0n) is 12.8. The molecule has 1 saturated heterocycles. The lowest BCUT2D eigenvalue weighted by Crippen LogP contribution is -2.51. The fourth-order valence-corrected chi connectivity index (χ4v) is 2.94. The van der Waals surface area contributed by atoms with Crippen LogP contribution in [0.3, 0.4) is 0 Å². The summed E-state index contributed by atoms with van der Waals surface area (Å²) in [5, 5.41) is 0. The number of halogens is 1. The maximum Gasteiger partial charge on any atom is 0.225 e. The predicted octanol–water partition coefficient (Wildman–Crippen LogP) is 1.88. The Morgan fingerprint density at radius 3 is 2.57 bits per heavy atom. The molecule has 23 heavy (non-hydrogen) atoms. The Hall–Kier alpha value is -2.15. The molecule has 2 aromatic rings. The molecule has 2 heterocycles. The molecular formula is C16H19BrN6. The number of guanidine groups is 1. The van der Waals surface area contributed by atoms with Gasteiger partial charge in [0.2, 0.25) is 5.95 Å². The highest BCUT2D eigenvalue weighted by Crippen LogP contribution is 2.13. The van der Waals surface area contributed by atoms with Crippen LogP contribution in [0, 0.1) is 0 Å². The lowest BCUT2D eigenvalue weighted by Gasteiger charge is -2.35. The third kappa shape index (κ3) is 4.19. The van der Waals surface area contributed by atoms with E-state index in [2.05, 4.69) is 46.8 Å². The van der Waals surface area contributed by atoms with Gasteiger partial charge in [0.1, 0.15) is 0 Å². The van der Waals surface area contributed by atoms with E-state index in [0.717, 1.165) is 42.2 Å². The highest BCUT2D eigenvalue weighted by molar-refractivity contribution is 9.10. The van der Waals surface area contributed by atoms with E-state index in [0.29, 0.717) is 12.5 Å². The van der Waals surface area contributed by atoms with Gasteiger partial charge in [-0.3, -0.25) is 0 Å². The normalized spacial score (nSPS) is 15.8. The summed E-state index contributed by atoms with van der Waals surface area (Å²) in [7, 11) is 0. The van der Waals surface area contributed by atoms with Gasteiger partial charge in [-0.15, -0.1) is 0 Å². The number of aliphatic imine (C=N–C) groups is 1. The average molecular weight is 375 g/mol. The number of benzene rings is 1. The Balaban J connectivity index is 1.55. The molecule has 0 atom stereocenters. The molecule has 120 valence electrons. The molecule has 0 unspecified atom stereocenters. The van der Waals surface area contributed by atoms with E-state index in [9.17, 15) is 0 Å². The van der Waals surface area contributed by atoms with Crippen molar-refractivity contribution in [1.82, 2.24) is 14.9 Å². The molecule has 1 fully saturated rings. The zero-order chi connectivity index (χ0) is 16.1. The van der Waals surface area contributed by atoms with Crippen molar-refractivity contribution >= 4 is 27.8 Å². The second-order valence-electron chi connectivity index (χ2n) is 5.33. The minimum atomic E-state index is 0.591. The third-order valence-electron chi connectivity index (χ3n) is 3.75. The first-order valence-electron chi connectivity index (χ1n) is 7.53. The quantitative estimate of drug-likeness (QED) is 0.655. The van der Waals surface area contributed by atoms with E-state index in [1.807, 2.05) is 24.3 Å². The summed E-state index contributed by atoms with van der Waals surface area (Å²) in [6.45, 7) is 3.93. The van der Waals surface area contributed by atoms with Crippen molar-refractivity contribution < 1.29 is 0 Å². The van der Waals surface area contributed by atoms with Crippen LogP contribution in [-0.2, 0) is 6.54 Å². The Morgan fingerprint density at radius 1 is 1.13 bits per heavy atom. The van der Waals surface area contributed by atoms with Crippen LogP contribution in [0.15, 0.2) is 52.2 Å². The maximum absolute atomic E-state index is 6.13. The van der Waals surface area contributed by atoms with E-state index in [1.165, 1.54) is 0 Å². The Labute approximate surface area is 144 Å². The molecular weight excluding hydrogens is 356 g/mol. The monoisotopic (exact) mass is 374 g/mol. The van der Waals surface area contributed by atoms with E-state index >= 15 is 0 Å². The molecule has 0 radical (unpaired) electrons. The van der Waals surface area contributed by atoms with Crippen molar-refractivity contribution in [3.8, 4) is 0 Å². The summed E-state index contributed by atoms with van der Waals surface area (Å²) in [5.41, 5.74) is 7.27. The van der Waals surface area contributed by atoms with Crippen molar-refractivity contribution in [2.24, 2.45) is 10.7 Å². The summed E-state index contributed by atoms with van der Waals surface area (Å²) in [4.78, 5) is 17.4. The lowest BCUT2D eigenvalue weighted by molar-refractivity contribution is 0.378. The lowest BCUT2D eigenvalue weighted by atomic mass is 10.2. The predicted molar refractivity (Wildman–Crippen MR) is 95.3 cm³/mol. The first kappa shape index (κ1) is 15.7.